The number of hydrogen-bond acceptors (Lipinski definition) is 6. The zero-order valence-corrected chi connectivity index (χ0v) is 18.6. The maximum absolute atomic E-state index is 13.2. The molecule has 1 atom stereocenters. The lowest BCUT2D eigenvalue weighted by Crippen LogP contribution is -2.46. The van der Waals surface area contributed by atoms with E-state index in [9.17, 15) is 19.5 Å². The van der Waals surface area contributed by atoms with Crippen molar-refractivity contribution in [1.82, 2.24) is 24.4 Å². The Balaban J connectivity index is 1.75. The molecule has 1 aliphatic heterocycles. The van der Waals surface area contributed by atoms with Crippen LogP contribution in [0.15, 0.2) is 17.1 Å². The Morgan fingerprint density at radius 3 is 2.78 bits per heavy atom. The second-order valence-electron chi connectivity index (χ2n) is 8.88. The van der Waals surface area contributed by atoms with Crippen LogP contribution in [0, 0.1) is 5.92 Å². The van der Waals surface area contributed by atoms with Crippen LogP contribution in [0.25, 0.3) is 11.7 Å². The van der Waals surface area contributed by atoms with E-state index in [1.807, 2.05) is 20.8 Å². The second kappa shape index (κ2) is 8.78. The summed E-state index contributed by atoms with van der Waals surface area (Å²) in [5, 5.41) is 17.7. The zero-order chi connectivity index (χ0) is 23.0. The molecule has 0 aromatic carbocycles. The molecule has 4 rings (SSSR count). The predicted molar refractivity (Wildman–Crippen MR) is 117 cm³/mol. The van der Waals surface area contributed by atoms with Crippen molar-refractivity contribution in [3.8, 4) is 5.88 Å². The third-order valence-electron chi connectivity index (χ3n) is 5.65. The molecule has 10 nitrogen and oxygen atoms in total. The highest BCUT2D eigenvalue weighted by atomic mass is 16.5. The summed E-state index contributed by atoms with van der Waals surface area (Å²) in [4.78, 5) is 40.3. The second-order valence-corrected chi connectivity index (χ2v) is 8.88. The van der Waals surface area contributed by atoms with Crippen molar-refractivity contribution in [1.29, 1.82) is 0 Å². The van der Waals surface area contributed by atoms with Gasteiger partial charge in [0.25, 0.3) is 11.5 Å². The fourth-order valence-electron chi connectivity index (χ4n) is 3.86. The summed E-state index contributed by atoms with van der Waals surface area (Å²) in [5.41, 5.74) is -0.0586. The van der Waals surface area contributed by atoms with Gasteiger partial charge in [-0.05, 0) is 31.8 Å². The number of nitrogens with one attached hydrogen (secondary N) is 1. The van der Waals surface area contributed by atoms with Crippen molar-refractivity contribution < 1.29 is 19.4 Å². The van der Waals surface area contributed by atoms with Gasteiger partial charge < -0.3 is 20.1 Å². The van der Waals surface area contributed by atoms with E-state index < -0.39 is 17.3 Å². The Morgan fingerprint density at radius 1 is 1.38 bits per heavy atom. The van der Waals surface area contributed by atoms with Gasteiger partial charge in [0.05, 0.1) is 25.5 Å². The molecule has 32 heavy (non-hydrogen) atoms. The number of aromatic nitrogens is 3. The highest BCUT2D eigenvalue weighted by molar-refractivity contribution is 5.97. The Bertz CT molecular complexity index is 1130. The number of carbonyl (C=O) groups excluding carboxylic acids is 2. The molecule has 10 heteroatoms. The molecule has 1 saturated carbocycles. The Kier molecular flexibility index (Phi) is 6.05. The first-order valence-corrected chi connectivity index (χ1v) is 11.0. The Morgan fingerprint density at radius 2 is 2.12 bits per heavy atom. The number of rotatable bonds is 6. The Labute approximate surface area is 185 Å². The summed E-state index contributed by atoms with van der Waals surface area (Å²) in [6.45, 7) is 7.65. The van der Waals surface area contributed by atoms with Gasteiger partial charge in [0, 0.05) is 30.8 Å². The molecular formula is C22H29N5O5. The number of ether oxygens (including phenoxy) is 1. The minimum Gasteiger partial charge on any atom is -0.492 e. The smallest absolute Gasteiger partial charge is 0.270 e. The molecule has 2 aliphatic rings. The van der Waals surface area contributed by atoms with Gasteiger partial charge in [0.15, 0.2) is 5.56 Å². The Hall–Kier alpha value is -3.14. The van der Waals surface area contributed by atoms with E-state index in [1.54, 1.807) is 11.0 Å². The summed E-state index contributed by atoms with van der Waals surface area (Å²) in [6.07, 6.45) is 6.23. The standard InChI is InChI=1S/C22H29N5O5/c1-13(2)11-26-20-15(4-7-17(28)25-8-9-32-12-14(25)3)10-23-27(20)22(31)18(21(26)30)19(29)24-16-5-6-16/h4,7,10,13-14,16,31H,5-6,8-9,11-12H2,1-3H3,(H,24,29). The van der Waals surface area contributed by atoms with E-state index in [2.05, 4.69) is 10.4 Å². The van der Waals surface area contributed by atoms with Crippen molar-refractivity contribution in [2.24, 2.45) is 5.92 Å². The average molecular weight is 444 g/mol. The van der Waals surface area contributed by atoms with Gasteiger partial charge in [0.1, 0.15) is 5.65 Å². The van der Waals surface area contributed by atoms with Crippen molar-refractivity contribution in [2.75, 3.05) is 19.8 Å². The third kappa shape index (κ3) is 4.27. The lowest BCUT2D eigenvalue weighted by atomic mass is 10.2. The topological polar surface area (TPSA) is 118 Å². The molecule has 3 heterocycles. The molecule has 0 radical (unpaired) electrons. The van der Waals surface area contributed by atoms with Crippen molar-refractivity contribution in [2.45, 2.75) is 52.2 Å². The van der Waals surface area contributed by atoms with E-state index in [0.29, 0.717) is 37.5 Å². The summed E-state index contributed by atoms with van der Waals surface area (Å²) in [5.74, 6) is -1.17. The van der Waals surface area contributed by atoms with Crippen molar-refractivity contribution in [3.05, 3.63) is 33.8 Å². The monoisotopic (exact) mass is 443 g/mol. The highest BCUT2D eigenvalue weighted by Crippen LogP contribution is 2.23. The van der Waals surface area contributed by atoms with Gasteiger partial charge in [-0.25, -0.2) is 0 Å². The van der Waals surface area contributed by atoms with Crippen LogP contribution in [-0.2, 0) is 16.1 Å². The third-order valence-corrected chi connectivity index (χ3v) is 5.65. The van der Waals surface area contributed by atoms with Crippen LogP contribution in [-0.4, -0.2) is 67.8 Å². The van der Waals surface area contributed by atoms with Gasteiger partial charge in [-0.2, -0.15) is 9.61 Å². The maximum Gasteiger partial charge on any atom is 0.270 e. The van der Waals surface area contributed by atoms with Gasteiger partial charge >= 0.3 is 0 Å². The first-order chi connectivity index (χ1) is 15.3. The first-order valence-electron chi connectivity index (χ1n) is 11.0. The lowest BCUT2D eigenvalue weighted by Gasteiger charge is -2.32. The predicted octanol–water partition coefficient (Wildman–Crippen LogP) is 1.01. The normalized spacial score (nSPS) is 19.2. The van der Waals surface area contributed by atoms with E-state index in [1.165, 1.54) is 21.4 Å². The van der Waals surface area contributed by atoms with Crippen LogP contribution in [0.3, 0.4) is 0 Å². The van der Waals surface area contributed by atoms with Crippen LogP contribution >= 0.6 is 0 Å². The number of aromatic hydroxyl groups is 1. The van der Waals surface area contributed by atoms with Crippen LogP contribution in [0.1, 0.15) is 49.5 Å². The van der Waals surface area contributed by atoms with E-state index in [0.717, 1.165) is 12.8 Å². The summed E-state index contributed by atoms with van der Waals surface area (Å²) < 4.78 is 8.01. The van der Waals surface area contributed by atoms with Gasteiger partial charge in [-0.1, -0.05) is 13.8 Å². The summed E-state index contributed by atoms with van der Waals surface area (Å²) >= 11 is 0. The molecule has 172 valence electrons. The molecule has 0 bridgehead atoms. The molecule has 2 aromatic rings. The van der Waals surface area contributed by atoms with Gasteiger partial charge in [-0.3, -0.25) is 19.0 Å². The number of carbonyl (C=O) groups is 2. The van der Waals surface area contributed by atoms with E-state index >= 15 is 0 Å². The SMILES string of the molecule is CC(C)Cn1c(=O)c(C(=O)NC2CC2)c(O)n2ncc(C=CC(=O)N3CCOCC3C)c12. The van der Waals surface area contributed by atoms with Gasteiger partial charge in [-0.15, -0.1) is 0 Å². The minimum absolute atomic E-state index is 0.0273. The number of morpholine rings is 1. The summed E-state index contributed by atoms with van der Waals surface area (Å²) in [6, 6.07) is 0.0146. The van der Waals surface area contributed by atoms with Crippen LogP contribution in [0.5, 0.6) is 5.88 Å². The molecule has 1 aliphatic carbocycles. The minimum atomic E-state index is -0.599. The fraction of sp³-hybridized carbons (Fsp3) is 0.545. The quantitative estimate of drug-likeness (QED) is 0.644. The van der Waals surface area contributed by atoms with Crippen molar-refractivity contribution >= 4 is 23.5 Å². The fourth-order valence-corrected chi connectivity index (χ4v) is 3.86. The largest absolute Gasteiger partial charge is 0.492 e. The highest BCUT2D eigenvalue weighted by Gasteiger charge is 2.30. The van der Waals surface area contributed by atoms with Crippen LogP contribution in [0.4, 0.5) is 0 Å². The molecule has 2 amide bonds. The summed E-state index contributed by atoms with van der Waals surface area (Å²) in [7, 11) is 0. The molecular weight excluding hydrogens is 414 g/mol. The number of hydrogen-bond donors (Lipinski definition) is 2. The van der Waals surface area contributed by atoms with Crippen molar-refractivity contribution in [3.63, 3.8) is 0 Å². The molecule has 2 aromatic heterocycles. The average Bonchev–Trinajstić information content (AvgIpc) is 3.45. The first kappa shape index (κ1) is 22.1. The molecule has 2 fully saturated rings. The van der Waals surface area contributed by atoms with Crippen LogP contribution < -0.4 is 10.9 Å². The van der Waals surface area contributed by atoms with E-state index in [-0.39, 0.29) is 29.5 Å². The van der Waals surface area contributed by atoms with E-state index in [4.69, 9.17) is 4.74 Å². The number of amides is 2. The molecule has 1 unspecified atom stereocenters. The molecule has 1 saturated heterocycles. The van der Waals surface area contributed by atoms with Crippen LogP contribution in [0.2, 0.25) is 0 Å². The number of fused-ring (bicyclic) bond motifs is 1. The number of nitrogens with zero attached hydrogens (tertiary/aromatic N) is 4. The molecule has 2 N–H and O–H groups in total. The lowest BCUT2D eigenvalue weighted by molar-refractivity contribution is -0.133. The molecule has 0 spiro atoms. The van der Waals surface area contributed by atoms with Gasteiger partial charge in [0.2, 0.25) is 11.8 Å². The zero-order valence-electron chi connectivity index (χ0n) is 18.6. The maximum atomic E-state index is 13.2.